The highest BCUT2D eigenvalue weighted by Gasteiger charge is 2.01. The van der Waals surface area contributed by atoms with Gasteiger partial charge in [-0.3, -0.25) is 0 Å². The summed E-state index contributed by atoms with van der Waals surface area (Å²) in [5, 5.41) is 11.1. The largest absolute Gasteiger partial charge is 0.385 e. The van der Waals surface area contributed by atoms with Crippen LogP contribution in [-0.2, 0) is 17.8 Å². The van der Waals surface area contributed by atoms with Gasteiger partial charge in [0.25, 0.3) is 0 Å². The maximum atomic E-state index is 5.44. The molecule has 0 unspecified atom stereocenters. The first-order valence-electron chi connectivity index (χ1n) is 4.32. The fourth-order valence-electron chi connectivity index (χ4n) is 1.05. The molecule has 0 aliphatic rings. The average Bonchev–Trinajstić information content (AvgIpc) is 2.60. The number of unbranched alkanes of at least 4 members (excludes halogenated alkanes) is 1. The summed E-state index contributed by atoms with van der Waals surface area (Å²) < 4.78 is 6.66. The molecule has 13 heavy (non-hydrogen) atoms. The highest BCUT2D eigenvalue weighted by atomic mass is 16.5. The van der Waals surface area contributed by atoms with Crippen LogP contribution >= 0.6 is 0 Å². The Morgan fingerprint density at radius 1 is 1.46 bits per heavy atom. The molecule has 0 aliphatic heterocycles. The summed E-state index contributed by atoms with van der Waals surface area (Å²) in [4.78, 5) is 0. The molecule has 6 heteroatoms. The van der Waals surface area contributed by atoms with Crippen molar-refractivity contribution < 1.29 is 4.74 Å². The summed E-state index contributed by atoms with van der Waals surface area (Å²) in [6.07, 6.45) is 2.02. The van der Waals surface area contributed by atoms with Crippen LogP contribution in [0.15, 0.2) is 0 Å². The van der Waals surface area contributed by atoms with Gasteiger partial charge >= 0.3 is 0 Å². The molecule has 0 aromatic carbocycles. The van der Waals surface area contributed by atoms with Gasteiger partial charge in [-0.1, -0.05) is 0 Å². The Morgan fingerprint density at radius 2 is 2.31 bits per heavy atom. The first-order valence-corrected chi connectivity index (χ1v) is 4.32. The van der Waals surface area contributed by atoms with Gasteiger partial charge in [0.05, 0.1) is 6.54 Å². The Hall–Kier alpha value is -1.01. The summed E-state index contributed by atoms with van der Waals surface area (Å²) in [6, 6.07) is 0. The molecule has 0 amide bonds. The number of methoxy groups -OCH3 is 1. The van der Waals surface area contributed by atoms with Crippen molar-refractivity contribution >= 4 is 0 Å². The molecule has 1 aromatic rings. The van der Waals surface area contributed by atoms with Gasteiger partial charge in [-0.15, -0.1) is 5.10 Å². The number of nitrogens with two attached hydrogens (primary N) is 1. The third-order valence-electron chi connectivity index (χ3n) is 1.76. The van der Waals surface area contributed by atoms with Crippen molar-refractivity contribution in [3.05, 3.63) is 5.82 Å². The predicted molar refractivity (Wildman–Crippen MR) is 46.8 cm³/mol. The van der Waals surface area contributed by atoms with E-state index in [0.29, 0.717) is 6.54 Å². The second-order valence-corrected chi connectivity index (χ2v) is 2.72. The van der Waals surface area contributed by atoms with Crippen LogP contribution in [0.1, 0.15) is 18.7 Å². The van der Waals surface area contributed by atoms with Gasteiger partial charge in [0, 0.05) is 20.3 Å². The Balaban J connectivity index is 2.27. The lowest BCUT2D eigenvalue weighted by molar-refractivity contribution is 0.190. The molecule has 0 aliphatic carbocycles. The van der Waals surface area contributed by atoms with Gasteiger partial charge in [-0.2, -0.15) is 0 Å². The number of rotatable bonds is 6. The highest BCUT2D eigenvalue weighted by Crippen LogP contribution is 1.96. The molecule has 0 saturated heterocycles. The normalized spacial score (nSPS) is 10.6. The maximum absolute atomic E-state index is 5.44. The minimum Gasteiger partial charge on any atom is -0.385 e. The molecule has 0 bridgehead atoms. The number of ether oxygens (including phenoxy) is 1. The van der Waals surface area contributed by atoms with Gasteiger partial charge in [-0.25, -0.2) is 4.68 Å². The van der Waals surface area contributed by atoms with Crippen LogP contribution in [0.3, 0.4) is 0 Å². The number of aromatic nitrogens is 4. The quantitative estimate of drug-likeness (QED) is 0.608. The smallest absolute Gasteiger partial charge is 0.164 e. The van der Waals surface area contributed by atoms with Crippen molar-refractivity contribution in [2.75, 3.05) is 13.7 Å². The number of hydrogen-bond donors (Lipinski definition) is 1. The second-order valence-electron chi connectivity index (χ2n) is 2.72. The fraction of sp³-hybridized carbons (Fsp3) is 0.857. The van der Waals surface area contributed by atoms with E-state index in [-0.39, 0.29) is 0 Å². The monoisotopic (exact) mass is 185 g/mol. The number of nitrogens with zero attached hydrogens (tertiary/aromatic N) is 4. The van der Waals surface area contributed by atoms with Crippen LogP contribution in [0.4, 0.5) is 0 Å². The van der Waals surface area contributed by atoms with E-state index in [2.05, 4.69) is 15.5 Å². The van der Waals surface area contributed by atoms with Crippen LogP contribution in [0, 0.1) is 0 Å². The lowest BCUT2D eigenvalue weighted by Crippen LogP contribution is -2.10. The van der Waals surface area contributed by atoms with Crippen LogP contribution < -0.4 is 5.73 Å². The van der Waals surface area contributed by atoms with E-state index in [1.807, 2.05) is 0 Å². The predicted octanol–water partition coefficient (Wildman–Crippen LogP) is -0.442. The summed E-state index contributed by atoms with van der Waals surface area (Å²) >= 11 is 0. The van der Waals surface area contributed by atoms with Crippen molar-refractivity contribution in [3.63, 3.8) is 0 Å². The summed E-state index contributed by atoms with van der Waals surface area (Å²) in [7, 11) is 1.70. The van der Waals surface area contributed by atoms with Crippen molar-refractivity contribution in [1.29, 1.82) is 0 Å². The average molecular weight is 185 g/mol. The van der Waals surface area contributed by atoms with Crippen LogP contribution in [-0.4, -0.2) is 33.9 Å². The molecule has 1 rings (SSSR count). The topological polar surface area (TPSA) is 78.8 Å². The van der Waals surface area contributed by atoms with E-state index in [9.17, 15) is 0 Å². The third kappa shape index (κ3) is 3.08. The molecule has 74 valence electrons. The third-order valence-corrected chi connectivity index (χ3v) is 1.76. The van der Waals surface area contributed by atoms with Gasteiger partial charge < -0.3 is 10.5 Å². The minimum atomic E-state index is 0.386. The molecular weight excluding hydrogens is 170 g/mol. The number of tetrazole rings is 1. The van der Waals surface area contributed by atoms with Crippen LogP contribution in [0.2, 0.25) is 0 Å². The molecular formula is C7H15N5O. The molecule has 0 saturated carbocycles. The Morgan fingerprint density at radius 3 is 3.00 bits per heavy atom. The summed E-state index contributed by atoms with van der Waals surface area (Å²) in [5.41, 5.74) is 5.44. The van der Waals surface area contributed by atoms with E-state index in [4.69, 9.17) is 10.5 Å². The molecule has 0 atom stereocenters. The first-order chi connectivity index (χ1) is 6.38. The summed E-state index contributed by atoms with van der Waals surface area (Å²) in [6.45, 7) is 1.97. The number of aryl methyl sites for hydroxylation is 1. The zero-order valence-corrected chi connectivity index (χ0v) is 7.81. The maximum Gasteiger partial charge on any atom is 0.164 e. The zero-order valence-electron chi connectivity index (χ0n) is 7.81. The Labute approximate surface area is 77.1 Å². The standard InChI is InChI=1S/C7H15N5O/c1-13-5-3-2-4-12-7(6-8)9-10-11-12/h2-6,8H2,1H3. The molecule has 1 aromatic heterocycles. The van der Waals surface area contributed by atoms with E-state index in [1.165, 1.54) is 0 Å². The van der Waals surface area contributed by atoms with Crippen molar-refractivity contribution in [1.82, 2.24) is 20.2 Å². The SMILES string of the molecule is COCCCCn1nnnc1CN. The fourth-order valence-corrected chi connectivity index (χ4v) is 1.05. The van der Waals surface area contributed by atoms with E-state index in [1.54, 1.807) is 11.8 Å². The van der Waals surface area contributed by atoms with Crippen LogP contribution in [0.25, 0.3) is 0 Å². The van der Waals surface area contributed by atoms with Crippen molar-refractivity contribution in [3.8, 4) is 0 Å². The van der Waals surface area contributed by atoms with Crippen molar-refractivity contribution in [2.24, 2.45) is 5.73 Å². The Kier molecular flexibility index (Phi) is 4.34. The molecule has 6 nitrogen and oxygen atoms in total. The van der Waals surface area contributed by atoms with E-state index in [0.717, 1.165) is 31.8 Å². The van der Waals surface area contributed by atoms with Crippen LogP contribution in [0.5, 0.6) is 0 Å². The highest BCUT2D eigenvalue weighted by molar-refractivity contribution is 4.77. The molecule has 0 fully saturated rings. The van der Waals surface area contributed by atoms with Gasteiger partial charge in [-0.05, 0) is 23.3 Å². The molecule has 2 N–H and O–H groups in total. The zero-order chi connectivity index (χ0) is 9.52. The minimum absolute atomic E-state index is 0.386. The summed E-state index contributed by atoms with van der Waals surface area (Å²) in [5.74, 6) is 0.734. The van der Waals surface area contributed by atoms with Gasteiger partial charge in [0.2, 0.25) is 0 Å². The van der Waals surface area contributed by atoms with Crippen molar-refractivity contribution in [2.45, 2.75) is 25.9 Å². The Bertz CT molecular complexity index is 237. The van der Waals surface area contributed by atoms with E-state index >= 15 is 0 Å². The number of hydrogen-bond acceptors (Lipinski definition) is 5. The molecule has 1 heterocycles. The first kappa shape index (κ1) is 10.1. The molecule has 0 radical (unpaired) electrons. The second kappa shape index (κ2) is 5.60. The van der Waals surface area contributed by atoms with E-state index < -0.39 is 0 Å². The molecule has 0 spiro atoms. The van der Waals surface area contributed by atoms with Gasteiger partial charge in [0.1, 0.15) is 0 Å². The lowest BCUT2D eigenvalue weighted by Gasteiger charge is -2.01. The lowest BCUT2D eigenvalue weighted by atomic mass is 10.3. The van der Waals surface area contributed by atoms with Gasteiger partial charge in [0.15, 0.2) is 5.82 Å².